The first-order chi connectivity index (χ1) is 20.4. The highest BCUT2D eigenvalue weighted by Gasteiger charge is 2.40. The summed E-state index contributed by atoms with van der Waals surface area (Å²) in [7, 11) is 0. The second-order valence-corrected chi connectivity index (χ2v) is 11.8. The average molecular weight is 583 g/mol. The normalized spacial score (nSPS) is 21.3. The number of aliphatic hydroxyl groups excluding tert-OH is 1. The number of carbonyl (C=O) groups is 3. The number of hydrogen-bond acceptors (Lipinski definition) is 5. The fourth-order valence-electron chi connectivity index (χ4n) is 6.71. The molecule has 2 aromatic heterocycles. The summed E-state index contributed by atoms with van der Waals surface area (Å²) in [5, 5.41) is 33.9. The molecule has 0 fully saturated rings. The number of nitrogens with one attached hydrogen (secondary N) is 2. The molecule has 0 saturated heterocycles. The van der Waals surface area contributed by atoms with Crippen molar-refractivity contribution in [3.63, 3.8) is 0 Å². The fourth-order valence-corrected chi connectivity index (χ4v) is 6.71. The van der Waals surface area contributed by atoms with Gasteiger partial charge in [-0.3, -0.25) is 14.4 Å². The summed E-state index contributed by atoms with van der Waals surface area (Å²) >= 11 is 0. The first-order valence-corrected chi connectivity index (χ1v) is 14.4. The molecule has 1 unspecified atom stereocenters. The van der Waals surface area contributed by atoms with Crippen molar-refractivity contribution in [3.8, 4) is 0 Å². The molecule has 5 N–H and O–H groups in total. The van der Waals surface area contributed by atoms with Gasteiger partial charge in [0, 0.05) is 58.5 Å². The number of H-pyrrole nitrogens is 1. The van der Waals surface area contributed by atoms with Crippen LogP contribution in [0.3, 0.4) is 0 Å². The van der Waals surface area contributed by atoms with Crippen LogP contribution in [-0.4, -0.2) is 48.4 Å². The molecule has 3 aliphatic heterocycles. The van der Waals surface area contributed by atoms with E-state index in [1.807, 2.05) is 32.1 Å². The molecule has 6 rings (SSSR count). The van der Waals surface area contributed by atoms with Gasteiger partial charge in [-0.2, -0.15) is 0 Å². The Morgan fingerprint density at radius 3 is 2.51 bits per heavy atom. The highest BCUT2D eigenvalue weighted by atomic mass is 16.4. The van der Waals surface area contributed by atoms with Crippen molar-refractivity contribution < 1.29 is 29.7 Å². The van der Waals surface area contributed by atoms with E-state index in [1.165, 1.54) is 5.56 Å². The molecule has 2 aromatic rings. The topological polar surface area (TPSA) is 157 Å². The van der Waals surface area contributed by atoms with E-state index in [2.05, 4.69) is 45.9 Å². The number of carboxylic acid groups (broad SMARTS) is 2. The van der Waals surface area contributed by atoms with Crippen LogP contribution in [0, 0.1) is 19.3 Å². The molecule has 1 aliphatic carbocycles. The van der Waals surface area contributed by atoms with Crippen LogP contribution in [0.15, 0.2) is 39.4 Å². The monoisotopic (exact) mass is 582 g/mol. The zero-order valence-corrected chi connectivity index (χ0v) is 24.6. The Kier molecular flexibility index (Phi) is 6.67. The Hall–Kier alpha value is -4.86. The molecule has 10 nitrogen and oxygen atoms in total. The summed E-state index contributed by atoms with van der Waals surface area (Å²) in [5.41, 5.74) is 8.92. The van der Waals surface area contributed by atoms with E-state index in [9.17, 15) is 24.6 Å². The maximum Gasteiger partial charge on any atom is 0.303 e. The van der Waals surface area contributed by atoms with Crippen molar-refractivity contribution in [1.29, 1.82) is 0 Å². The molecule has 0 radical (unpaired) electrons. The van der Waals surface area contributed by atoms with Gasteiger partial charge in [0.1, 0.15) is 0 Å². The molecule has 5 heterocycles. The van der Waals surface area contributed by atoms with Crippen LogP contribution >= 0.6 is 0 Å². The number of carboxylic acids is 2. The molecule has 0 saturated carbocycles. The number of rotatable bonds is 7. The first-order valence-electron chi connectivity index (χ1n) is 14.4. The van der Waals surface area contributed by atoms with Gasteiger partial charge in [0.15, 0.2) is 0 Å². The number of aliphatic hydroxyl groups is 1. The molecule has 4 aliphatic rings. The zero-order chi connectivity index (χ0) is 30.8. The lowest BCUT2D eigenvalue weighted by Crippen LogP contribution is -2.30. The van der Waals surface area contributed by atoms with Crippen LogP contribution in [0.25, 0.3) is 24.3 Å². The van der Waals surface area contributed by atoms with E-state index in [-0.39, 0.29) is 37.5 Å². The van der Waals surface area contributed by atoms with Gasteiger partial charge in [0.05, 0.1) is 16.5 Å². The van der Waals surface area contributed by atoms with Crippen molar-refractivity contribution in [2.45, 2.75) is 66.3 Å². The molecular weight excluding hydrogens is 548 g/mol. The van der Waals surface area contributed by atoms with E-state index >= 15 is 0 Å². The van der Waals surface area contributed by atoms with E-state index in [0.717, 1.165) is 57.3 Å². The summed E-state index contributed by atoms with van der Waals surface area (Å²) in [6, 6.07) is 0. The standard InChI is InChI=1S/C33H34N4O6/c1-16-19-10-12-37-26(14-25(19)34-23(16)13-24-17(2)21(31(42)35-24)5-7-29(38)39)18(3)20-9-11-33(4)22(6-8-30(40)41)32(43)36-28(33)15-27(20)37/h9,11,13-15,34,43H,5-8,10,12H2,1-4H3,(H,35,42)(H,38,39)(H,40,41)/b24-13-. The largest absolute Gasteiger partial charge is 0.493 e. The van der Waals surface area contributed by atoms with Crippen molar-refractivity contribution >= 4 is 47.9 Å². The predicted octanol–water partition coefficient (Wildman–Crippen LogP) is 3.37. The van der Waals surface area contributed by atoms with Crippen LogP contribution in [0.5, 0.6) is 0 Å². The van der Waals surface area contributed by atoms with Gasteiger partial charge in [-0.05, 0) is 87.4 Å². The van der Waals surface area contributed by atoms with Crippen LogP contribution < -0.4 is 16.0 Å². The summed E-state index contributed by atoms with van der Waals surface area (Å²) in [6.07, 6.45) is 11.2. The minimum absolute atomic E-state index is 0.0766. The van der Waals surface area contributed by atoms with Gasteiger partial charge >= 0.3 is 11.9 Å². The van der Waals surface area contributed by atoms with Gasteiger partial charge in [0.2, 0.25) is 5.88 Å². The van der Waals surface area contributed by atoms with Crippen LogP contribution in [0.4, 0.5) is 0 Å². The summed E-state index contributed by atoms with van der Waals surface area (Å²) < 4.78 is 2.28. The lowest BCUT2D eigenvalue weighted by molar-refractivity contribution is -0.138. The van der Waals surface area contributed by atoms with E-state index < -0.39 is 17.4 Å². The number of nitrogens with zero attached hydrogens (tertiary/aromatic N) is 2. The Bertz CT molecular complexity index is 1930. The van der Waals surface area contributed by atoms with Gasteiger partial charge in [-0.15, -0.1) is 0 Å². The fraction of sp³-hybridized carbons (Fsp3) is 0.333. The SMILES string of the molecule is CC1=C(CCC(=O)O)C(=O)N/C1=C\c1[nH]c2c(c1C)CCn1c(c(C)c3c1=CC1=NC(O)=C(CCC(=O)O)C1(C)C=C3)=C2. The number of aromatic nitrogens is 2. The third kappa shape index (κ3) is 4.57. The number of aromatic amines is 1. The molecule has 0 bridgehead atoms. The number of aliphatic carboxylic acids is 2. The predicted molar refractivity (Wildman–Crippen MR) is 162 cm³/mol. The Morgan fingerprint density at radius 2 is 1.79 bits per heavy atom. The highest BCUT2D eigenvalue weighted by Crippen LogP contribution is 2.42. The third-order valence-corrected chi connectivity index (χ3v) is 9.32. The second kappa shape index (κ2) is 10.1. The quantitative estimate of drug-likeness (QED) is 0.337. The first kappa shape index (κ1) is 28.3. The molecule has 1 amide bonds. The molecule has 222 valence electrons. The van der Waals surface area contributed by atoms with Gasteiger partial charge < -0.3 is 30.2 Å². The number of amides is 1. The lowest BCUT2D eigenvalue weighted by Gasteiger charge is -2.23. The van der Waals surface area contributed by atoms with Crippen LogP contribution in [0.2, 0.25) is 0 Å². The smallest absolute Gasteiger partial charge is 0.303 e. The molecule has 10 heteroatoms. The number of allylic oxidation sites excluding steroid dienone is 3. The van der Waals surface area contributed by atoms with E-state index in [0.29, 0.717) is 22.6 Å². The summed E-state index contributed by atoms with van der Waals surface area (Å²) in [6.45, 7) is 8.68. The van der Waals surface area contributed by atoms with E-state index in [4.69, 9.17) is 5.11 Å². The number of aliphatic imine (C=N–C) groups is 1. The number of fused-ring (bicyclic) bond motifs is 5. The van der Waals surface area contributed by atoms with Gasteiger partial charge in [-0.25, -0.2) is 4.99 Å². The van der Waals surface area contributed by atoms with Crippen molar-refractivity contribution in [2.75, 3.05) is 0 Å². The van der Waals surface area contributed by atoms with Gasteiger partial charge in [-0.1, -0.05) is 12.2 Å². The highest BCUT2D eigenvalue weighted by molar-refractivity contribution is 6.18. The second-order valence-electron chi connectivity index (χ2n) is 11.8. The Morgan fingerprint density at radius 1 is 1.07 bits per heavy atom. The summed E-state index contributed by atoms with van der Waals surface area (Å²) in [4.78, 5) is 42.8. The average Bonchev–Trinajstić information content (AvgIpc) is 3.44. The minimum Gasteiger partial charge on any atom is -0.493 e. The number of carbonyl (C=O) groups excluding carboxylic acids is 1. The number of hydrogen-bond donors (Lipinski definition) is 5. The van der Waals surface area contributed by atoms with Crippen molar-refractivity contribution in [3.05, 3.63) is 78.7 Å². The molecule has 1 atom stereocenters. The Labute approximate surface area is 247 Å². The molecule has 43 heavy (non-hydrogen) atoms. The molecule has 0 spiro atoms. The maximum atomic E-state index is 12.5. The van der Waals surface area contributed by atoms with Crippen LogP contribution in [-0.2, 0) is 27.3 Å². The zero-order valence-electron chi connectivity index (χ0n) is 24.6. The molecular formula is C33H34N4O6. The van der Waals surface area contributed by atoms with Gasteiger partial charge in [0.25, 0.3) is 5.91 Å². The minimum atomic E-state index is -0.934. The Balaban J connectivity index is 1.38. The van der Waals surface area contributed by atoms with Crippen LogP contribution in [0.1, 0.15) is 73.2 Å². The molecule has 0 aromatic carbocycles. The van der Waals surface area contributed by atoms with Crippen molar-refractivity contribution in [1.82, 2.24) is 14.9 Å². The van der Waals surface area contributed by atoms with E-state index in [1.54, 1.807) is 0 Å². The lowest BCUT2D eigenvalue weighted by atomic mass is 9.77. The van der Waals surface area contributed by atoms with Crippen molar-refractivity contribution in [2.24, 2.45) is 10.4 Å². The maximum absolute atomic E-state index is 12.5. The third-order valence-electron chi connectivity index (χ3n) is 9.32. The summed E-state index contributed by atoms with van der Waals surface area (Å²) in [5.74, 6) is -2.20.